The predicted octanol–water partition coefficient (Wildman–Crippen LogP) is 1.74. The molecule has 0 unspecified atom stereocenters. The van der Waals surface area contributed by atoms with Crippen molar-refractivity contribution in [2.75, 3.05) is 12.4 Å². The highest BCUT2D eigenvalue weighted by molar-refractivity contribution is 6.03. The molecule has 5 heteroatoms. The van der Waals surface area contributed by atoms with Gasteiger partial charge in [0.05, 0.1) is 30.8 Å². The Morgan fingerprint density at radius 2 is 2.18 bits per heavy atom. The molecule has 2 rings (SSSR count). The molecule has 0 bridgehead atoms. The van der Waals surface area contributed by atoms with E-state index in [-0.39, 0.29) is 5.91 Å². The van der Waals surface area contributed by atoms with E-state index in [4.69, 9.17) is 4.74 Å². The molecule has 0 aromatic carbocycles. The van der Waals surface area contributed by atoms with Crippen LogP contribution in [0.4, 0.5) is 5.69 Å². The summed E-state index contributed by atoms with van der Waals surface area (Å²) in [6.45, 7) is 0. The fraction of sp³-hybridized carbons (Fsp3) is 0.0833. The number of nitrogens with one attached hydrogen (secondary N) is 1. The van der Waals surface area contributed by atoms with Gasteiger partial charge in [-0.2, -0.15) is 0 Å². The lowest BCUT2D eigenvalue weighted by Crippen LogP contribution is -2.12. The number of nitrogens with zero attached hydrogens (tertiary/aromatic N) is 2. The fourth-order valence-electron chi connectivity index (χ4n) is 1.30. The second-order valence-corrected chi connectivity index (χ2v) is 3.31. The SMILES string of the molecule is COc1cncc(NC(=O)c2cccnc2)c1. The van der Waals surface area contributed by atoms with Crippen LogP contribution in [0.3, 0.4) is 0 Å². The Labute approximate surface area is 98.5 Å². The monoisotopic (exact) mass is 229 g/mol. The normalized spacial score (nSPS) is 9.71. The minimum Gasteiger partial charge on any atom is -0.495 e. The zero-order valence-corrected chi connectivity index (χ0v) is 9.25. The Morgan fingerprint density at radius 1 is 1.29 bits per heavy atom. The van der Waals surface area contributed by atoms with Crippen LogP contribution in [0, 0.1) is 0 Å². The molecule has 0 aliphatic carbocycles. The van der Waals surface area contributed by atoms with Gasteiger partial charge in [-0.3, -0.25) is 14.8 Å². The Bertz CT molecular complexity index is 514. The lowest BCUT2D eigenvalue weighted by atomic mass is 10.2. The van der Waals surface area contributed by atoms with Gasteiger partial charge in [-0.1, -0.05) is 0 Å². The molecule has 1 N–H and O–H groups in total. The van der Waals surface area contributed by atoms with Crippen molar-refractivity contribution >= 4 is 11.6 Å². The highest BCUT2D eigenvalue weighted by Gasteiger charge is 2.06. The maximum Gasteiger partial charge on any atom is 0.257 e. The van der Waals surface area contributed by atoms with Crippen molar-refractivity contribution in [3.63, 3.8) is 0 Å². The predicted molar refractivity (Wildman–Crippen MR) is 63.0 cm³/mol. The summed E-state index contributed by atoms with van der Waals surface area (Å²) >= 11 is 0. The van der Waals surface area contributed by atoms with Gasteiger partial charge < -0.3 is 10.1 Å². The van der Waals surface area contributed by atoms with E-state index in [9.17, 15) is 4.79 Å². The van der Waals surface area contributed by atoms with Crippen LogP contribution >= 0.6 is 0 Å². The summed E-state index contributed by atoms with van der Waals surface area (Å²) in [4.78, 5) is 19.6. The third-order valence-corrected chi connectivity index (χ3v) is 2.13. The first kappa shape index (κ1) is 11.1. The van der Waals surface area contributed by atoms with E-state index in [0.29, 0.717) is 17.0 Å². The van der Waals surface area contributed by atoms with Crippen molar-refractivity contribution in [3.8, 4) is 5.75 Å². The second kappa shape index (κ2) is 5.07. The molecule has 1 amide bonds. The summed E-state index contributed by atoms with van der Waals surface area (Å²) in [5.41, 5.74) is 1.08. The number of hydrogen-bond acceptors (Lipinski definition) is 4. The smallest absolute Gasteiger partial charge is 0.257 e. The van der Waals surface area contributed by atoms with E-state index in [2.05, 4.69) is 15.3 Å². The first-order valence-electron chi connectivity index (χ1n) is 5.00. The van der Waals surface area contributed by atoms with Crippen molar-refractivity contribution < 1.29 is 9.53 Å². The topological polar surface area (TPSA) is 64.1 Å². The first-order valence-corrected chi connectivity index (χ1v) is 5.00. The number of aromatic nitrogens is 2. The number of methoxy groups -OCH3 is 1. The van der Waals surface area contributed by atoms with Gasteiger partial charge in [0.25, 0.3) is 5.91 Å². The molecule has 0 spiro atoms. The van der Waals surface area contributed by atoms with Crippen LogP contribution in [-0.2, 0) is 0 Å². The van der Waals surface area contributed by atoms with Gasteiger partial charge >= 0.3 is 0 Å². The van der Waals surface area contributed by atoms with Crippen LogP contribution in [0.2, 0.25) is 0 Å². The lowest BCUT2D eigenvalue weighted by molar-refractivity contribution is 0.102. The van der Waals surface area contributed by atoms with Gasteiger partial charge in [0.15, 0.2) is 0 Å². The third kappa shape index (κ3) is 2.78. The van der Waals surface area contributed by atoms with Crippen molar-refractivity contribution in [1.82, 2.24) is 9.97 Å². The maximum absolute atomic E-state index is 11.8. The van der Waals surface area contributed by atoms with Crippen molar-refractivity contribution in [1.29, 1.82) is 0 Å². The van der Waals surface area contributed by atoms with Gasteiger partial charge in [-0.15, -0.1) is 0 Å². The maximum atomic E-state index is 11.8. The number of ether oxygens (including phenoxy) is 1. The summed E-state index contributed by atoms with van der Waals surface area (Å²) in [5, 5.41) is 2.71. The number of hydrogen-bond donors (Lipinski definition) is 1. The van der Waals surface area contributed by atoms with Crippen molar-refractivity contribution in [2.45, 2.75) is 0 Å². The molecule has 0 fully saturated rings. The summed E-state index contributed by atoms with van der Waals surface area (Å²) in [6, 6.07) is 5.09. The zero-order chi connectivity index (χ0) is 12.1. The first-order chi connectivity index (χ1) is 8.29. The molecular formula is C12H11N3O2. The minimum absolute atomic E-state index is 0.229. The van der Waals surface area contributed by atoms with Gasteiger partial charge in [-0.05, 0) is 12.1 Å². The summed E-state index contributed by atoms with van der Waals surface area (Å²) in [7, 11) is 1.55. The lowest BCUT2D eigenvalue weighted by Gasteiger charge is -2.05. The molecule has 0 radical (unpaired) electrons. The average molecular weight is 229 g/mol. The molecule has 17 heavy (non-hydrogen) atoms. The molecule has 2 aromatic heterocycles. The number of carbonyl (C=O) groups excluding carboxylic acids is 1. The minimum atomic E-state index is -0.229. The molecule has 0 aliphatic rings. The standard InChI is InChI=1S/C12H11N3O2/c1-17-11-5-10(7-14-8-11)15-12(16)9-3-2-4-13-6-9/h2-8H,1H3,(H,15,16). The number of amides is 1. The number of anilines is 1. The molecular weight excluding hydrogens is 218 g/mol. The Hall–Kier alpha value is -2.43. The van der Waals surface area contributed by atoms with E-state index in [1.54, 1.807) is 43.9 Å². The highest BCUT2D eigenvalue weighted by atomic mass is 16.5. The largest absolute Gasteiger partial charge is 0.495 e. The van der Waals surface area contributed by atoms with Gasteiger partial charge in [0.2, 0.25) is 0 Å². The van der Waals surface area contributed by atoms with E-state index in [1.807, 2.05) is 0 Å². The van der Waals surface area contributed by atoms with Crippen LogP contribution in [-0.4, -0.2) is 23.0 Å². The van der Waals surface area contributed by atoms with Gasteiger partial charge in [0, 0.05) is 18.5 Å². The van der Waals surface area contributed by atoms with Crippen LogP contribution < -0.4 is 10.1 Å². The van der Waals surface area contributed by atoms with E-state index < -0.39 is 0 Å². The molecule has 0 aliphatic heterocycles. The molecule has 5 nitrogen and oxygen atoms in total. The van der Waals surface area contributed by atoms with Crippen LogP contribution in [0.5, 0.6) is 5.75 Å². The highest BCUT2D eigenvalue weighted by Crippen LogP contribution is 2.15. The van der Waals surface area contributed by atoms with E-state index in [1.165, 1.54) is 6.20 Å². The van der Waals surface area contributed by atoms with Gasteiger partial charge in [0.1, 0.15) is 5.75 Å². The summed E-state index contributed by atoms with van der Waals surface area (Å²) in [5.74, 6) is 0.363. The zero-order valence-electron chi connectivity index (χ0n) is 9.25. The Morgan fingerprint density at radius 3 is 2.88 bits per heavy atom. The summed E-state index contributed by atoms with van der Waals surface area (Å²) < 4.78 is 5.02. The average Bonchev–Trinajstić information content (AvgIpc) is 2.40. The van der Waals surface area contributed by atoms with Crippen LogP contribution in [0.1, 0.15) is 10.4 Å². The molecule has 2 aromatic rings. The molecule has 86 valence electrons. The number of rotatable bonds is 3. The molecule has 0 saturated carbocycles. The Balaban J connectivity index is 2.13. The molecule has 0 saturated heterocycles. The molecule has 0 atom stereocenters. The number of carbonyl (C=O) groups is 1. The number of pyridine rings is 2. The Kier molecular flexibility index (Phi) is 3.30. The quantitative estimate of drug-likeness (QED) is 0.870. The van der Waals surface area contributed by atoms with Crippen molar-refractivity contribution in [3.05, 3.63) is 48.5 Å². The van der Waals surface area contributed by atoms with Crippen molar-refractivity contribution in [2.24, 2.45) is 0 Å². The van der Waals surface area contributed by atoms with E-state index in [0.717, 1.165) is 0 Å². The van der Waals surface area contributed by atoms with E-state index >= 15 is 0 Å². The second-order valence-electron chi connectivity index (χ2n) is 3.31. The summed E-state index contributed by atoms with van der Waals surface area (Å²) in [6.07, 6.45) is 6.24. The van der Waals surface area contributed by atoms with Crippen LogP contribution in [0.15, 0.2) is 43.0 Å². The van der Waals surface area contributed by atoms with Gasteiger partial charge in [-0.25, -0.2) is 0 Å². The van der Waals surface area contributed by atoms with Crippen LogP contribution in [0.25, 0.3) is 0 Å². The third-order valence-electron chi connectivity index (χ3n) is 2.13. The molecule has 2 heterocycles. The fourth-order valence-corrected chi connectivity index (χ4v) is 1.30.